The molecule has 29 heavy (non-hydrogen) atoms. The third-order valence-electron chi connectivity index (χ3n) is 5.60. The fraction of sp³-hybridized carbons (Fsp3) is 0.636. The lowest BCUT2D eigenvalue weighted by molar-refractivity contribution is -0.120. The first-order valence-electron chi connectivity index (χ1n) is 10.6. The van der Waals surface area contributed by atoms with E-state index in [1.165, 1.54) is 11.3 Å². The summed E-state index contributed by atoms with van der Waals surface area (Å²) in [6, 6.07) is 4.94. The highest BCUT2D eigenvalue weighted by atomic mass is 16.7. The van der Waals surface area contributed by atoms with E-state index in [1.54, 1.807) is 0 Å². The van der Waals surface area contributed by atoms with Gasteiger partial charge in [0.1, 0.15) is 11.6 Å². The molecule has 2 aliphatic heterocycles. The first-order chi connectivity index (χ1) is 13.7. The molecule has 1 N–H and O–H groups in total. The predicted octanol–water partition coefficient (Wildman–Crippen LogP) is 4.46. The fourth-order valence-corrected chi connectivity index (χ4v) is 4.27. The molecule has 7 heteroatoms. The lowest BCUT2D eigenvalue weighted by atomic mass is 9.94. The normalized spacial score (nSPS) is 22.6. The number of fused-ring (bicyclic) bond motifs is 1. The number of benzene rings is 1. The van der Waals surface area contributed by atoms with E-state index >= 15 is 0 Å². The molecular weight excluding hydrogens is 372 g/mol. The smallest absolute Gasteiger partial charge is 0.410 e. The van der Waals surface area contributed by atoms with Crippen LogP contribution >= 0.6 is 0 Å². The van der Waals surface area contributed by atoms with Crippen molar-refractivity contribution in [2.45, 2.75) is 83.1 Å². The Bertz CT molecular complexity index is 795. The quantitative estimate of drug-likeness (QED) is 0.790. The second-order valence-electron chi connectivity index (χ2n) is 9.16. The van der Waals surface area contributed by atoms with Crippen molar-refractivity contribution >= 4 is 17.7 Å². The molecule has 0 unspecified atom stereocenters. The van der Waals surface area contributed by atoms with Crippen LogP contribution < -0.4 is 14.8 Å². The maximum absolute atomic E-state index is 12.9. The third-order valence-corrected chi connectivity index (χ3v) is 5.60. The average molecular weight is 402 g/mol. The van der Waals surface area contributed by atoms with Crippen LogP contribution in [0.25, 0.3) is 0 Å². The van der Waals surface area contributed by atoms with Gasteiger partial charge in [0.15, 0.2) is 11.5 Å². The molecule has 2 amide bonds. The number of amides is 2. The number of carbonyl (C=O) groups is 2. The Morgan fingerprint density at radius 2 is 1.83 bits per heavy atom. The van der Waals surface area contributed by atoms with Crippen LogP contribution in [0.1, 0.15) is 65.7 Å². The molecule has 0 radical (unpaired) electrons. The van der Waals surface area contributed by atoms with Gasteiger partial charge in [0.25, 0.3) is 5.79 Å². The topological polar surface area (TPSA) is 77.1 Å². The summed E-state index contributed by atoms with van der Waals surface area (Å²) in [5, 5.41) is 2.93. The van der Waals surface area contributed by atoms with Crippen molar-refractivity contribution in [3.63, 3.8) is 0 Å². The molecule has 4 rings (SSSR count). The van der Waals surface area contributed by atoms with Crippen LogP contribution in [0.3, 0.4) is 0 Å². The number of anilines is 1. The van der Waals surface area contributed by atoms with Gasteiger partial charge in [-0.1, -0.05) is 6.42 Å². The van der Waals surface area contributed by atoms with Crippen LogP contribution in [0.5, 0.6) is 11.5 Å². The standard InChI is InChI=1S/C22H30N2O5/c1-21(2,3)29-20(26)24-13-7-8-16(24)19(25)23-15-9-10-17-18(14-15)28-22(27-17)11-5-4-6-12-22/h9-10,14,16H,4-8,11-13H2,1-3H3,(H,23,25)/t16-/m1/s1. The van der Waals surface area contributed by atoms with E-state index in [2.05, 4.69) is 5.32 Å². The summed E-state index contributed by atoms with van der Waals surface area (Å²) in [4.78, 5) is 26.8. The maximum atomic E-state index is 12.9. The molecule has 1 saturated carbocycles. The highest BCUT2D eigenvalue weighted by Crippen LogP contribution is 2.46. The van der Waals surface area contributed by atoms with E-state index in [1.807, 2.05) is 39.0 Å². The van der Waals surface area contributed by atoms with Gasteiger partial charge in [-0.25, -0.2) is 4.79 Å². The van der Waals surface area contributed by atoms with Gasteiger partial charge < -0.3 is 19.5 Å². The van der Waals surface area contributed by atoms with Crippen LogP contribution in [0, 0.1) is 0 Å². The van der Waals surface area contributed by atoms with E-state index in [4.69, 9.17) is 14.2 Å². The highest BCUT2D eigenvalue weighted by molar-refractivity contribution is 5.97. The van der Waals surface area contributed by atoms with Crippen molar-refractivity contribution in [3.8, 4) is 11.5 Å². The summed E-state index contributed by atoms with van der Waals surface area (Å²) < 4.78 is 17.7. The SMILES string of the molecule is CC(C)(C)OC(=O)N1CCC[C@@H]1C(=O)Nc1ccc2c(c1)OC1(CCCCC1)O2. The van der Waals surface area contributed by atoms with E-state index in [0.29, 0.717) is 24.4 Å². The van der Waals surface area contributed by atoms with Crippen LogP contribution in [-0.2, 0) is 9.53 Å². The molecule has 7 nitrogen and oxygen atoms in total. The third kappa shape index (κ3) is 4.28. The van der Waals surface area contributed by atoms with Crippen molar-refractivity contribution in [1.82, 2.24) is 4.90 Å². The Kier molecular flexibility index (Phi) is 5.09. The summed E-state index contributed by atoms with van der Waals surface area (Å²) in [6.45, 7) is 5.99. The second kappa shape index (κ2) is 7.43. The van der Waals surface area contributed by atoms with Gasteiger partial charge in [0.05, 0.1) is 0 Å². The fourth-order valence-electron chi connectivity index (χ4n) is 4.27. The summed E-state index contributed by atoms with van der Waals surface area (Å²) in [7, 11) is 0. The minimum atomic E-state index is -0.590. The number of ether oxygens (including phenoxy) is 3. The molecular formula is C22H30N2O5. The number of hydrogen-bond donors (Lipinski definition) is 1. The van der Waals surface area contributed by atoms with Gasteiger partial charge in [-0.15, -0.1) is 0 Å². The van der Waals surface area contributed by atoms with Crippen LogP contribution in [-0.4, -0.2) is 40.9 Å². The lowest BCUT2D eigenvalue weighted by Gasteiger charge is -2.31. The molecule has 0 bridgehead atoms. The highest BCUT2D eigenvalue weighted by Gasteiger charge is 2.42. The molecule has 1 atom stereocenters. The molecule has 1 aliphatic carbocycles. The monoisotopic (exact) mass is 402 g/mol. The van der Waals surface area contributed by atoms with E-state index < -0.39 is 23.5 Å². The Morgan fingerprint density at radius 1 is 1.10 bits per heavy atom. The Labute approximate surface area is 171 Å². The van der Waals surface area contributed by atoms with E-state index in [0.717, 1.165) is 37.9 Å². The first-order valence-corrected chi connectivity index (χ1v) is 10.6. The molecule has 2 fully saturated rings. The van der Waals surface area contributed by atoms with Gasteiger partial charge in [0.2, 0.25) is 5.91 Å². The average Bonchev–Trinajstić information content (AvgIpc) is 3.25. The summed E-state index contributed by atoms with van der Waals surface area (Å²) in [6.07, 6.45) is 6.13. The number of rotatable bonds is 2. The minimum absolute atomic E-state index is 0.209. The van der Waals surface area contributed by atoms with E-state index in [9.17, 15) is 9.59 Å². The zero-order valence-electron chi connectivity index (χ0n) is 17.5. The van der Waals surface area contributed by atoms with Crippen molar-refractivity contribution in [2.24, 2.45) is 0 Å². The molecule has 158 valence electrons. The summed E-state index contributed by atoms with van der Waals surface area (Å²) >= 11 is 0. The summed E-state index contributed by atoms with van der Waals surface area (Å²) in [5.41, 5.74) is 0.0499. The Hall–Kier alpha value is -2.44. The molecule has 1 saturated heterocycles. The van der Waals surface area contributed by atoms with Crippen molar-refractivity contribution in [3.05, 3.63) is 18.2 Å². The minimum Gasteiger partial charge on any atom is -0.448 e. The van der Waals surface area contributed by atoms with Gasteiger partial charge in [-0.2, -0.15) is 0 Å². The number of nitrogens with one attached hydrogen (secondary N) is 1. The molecule has 0 aromatic heterocycles. The van der Waals surface area contributed by atoms with Gasteiger partial charge in [0, 0.05) is 31.1 Å². The molecule has 3 aliphatic rings. The summed E-state index contributed by atoms with van der Waals surface area (Å²) in [5.74, 6) is 0.642. The lowest BCUT2D eigenvalue weighted by Crippen LogP contribution is -2.45. The maximum Gasteiger partial charge on any atom is 0.410 e. The number of carbonyl (C=O) groups excluding carboxylic acids is 2. The van der Waals surface area contributed by atoms with Crippen molar-refractivity contribution < 1.29 is 23.8 Å². The first kappa shape index (κ1) is 19.9. The number of nitrogens with zero attached hydrogens (tertiary/aromatic N) is 1. The Balaban J connectivity index is 1.42. The Morgan fingerprint density at radius 3 is 2.55 bits per heavy atom. The van der Waals surface area contributed by atoms with Crippen LogP contribution in [0.15, 0.2) is 18.2 Å². The van der Waals surface area contributed by atoms with Crippen molar-refractivity contribution in [2.75, 3.05) is 11.9 Å². The van der Waals surface area contributed by atoms with Gasteiger partial charge in [-0.3, -0.25) is 9.69 Å². The van der Waals surface area contributed by atoms with Gasteiger partial charge in [-0.05, 0) is 58.6 Å². The predicted molar refractivity (Wildman–Crippen MR) is 108 cm³/mol. The van der Waals surface area contributed by atoms with Crippen LogP contribution in [0.4, 0.5) is 10.5 Å². The molecule has 2 heterocycles. The molecule has 1 spiro atoms. The van der Waals surface area contributed by atoms with E-state index in [-0.39, 0.29) is 5.91 Å². The molecule has 1 aromatic carbocycles. The largest absolute Gasteiger partial charge is 0.448 e. The zero-order chi connectivity index (χ0) is 20.6. The van der Waals surface area contributed by atoms with Gasteiger partial charge >= 0.3 is 6.09 Å². The number of likely N-dealkylation sites (tertiary alicyclic amines) is 1. The van der Waals surface area contributed by atoms with Crippen LogP contribution in [0.2, 0.25) is 0 Å². The molecule has 1 aromatic rings. The zero-order valence-corrected chi connectivity index (χ0v) is 17.5. The van der Waals surface area contributed by atoms with Crippen molar-refractivity contribution in [1.29, 1.82) is 0 Å². The number of hydrogen-bond acceptors (Lipinski definition) is 5. The second-order valence-corrected chi connectivity index (χ2v) is 9.16.